The molecule has 2 aromatic rings. The average Bonchev–Trinajstić information content (AvgIpc) is 2.78. The topological polar surface area (TPSA) is 68.7 Å². The third kappa shape index (κ3) is 6.16. The van der Waals surface area contributed by atoms with Crippen LogP contribution in [0.4, 0.5) is 5.95 Å². The summed E-state index contributed by atoms with van der Waals surface area (Å²) in [6.45, 7) is 13.9. The van der Waals surface area contributed by atoms with Crippen LogP contribution < -0.4 is 15.5 Å². The lowest BCUT2D eigenvalue weighted by Gasteiger charge is -2.37. The van der Waals surface area contributed by atoms with Gasteiger partial charge in [-0.2, -0.15) is 0 Å². The number of nitrogens with one attached hydrogen (secondary N) is 2. The molecule has 1 fully saturated rings. The summed E-state index contributed by atoms with van der Waals surface area (Å²) < 4.78 is 0. The largest absolute Gasteiger partial charge is 0.357 e. The molecule has 162 valence electrons. The summed E-state index contributed by atoms with van der Waals surface area (Å²) in [7, 11) is 0. The van der Waals surface area contributed by atoms with Crippen molar-refractivity contribution in [3.8, 4) is 0 Å². The van der Waals surface area contributed by atoms with Gasteiger partial charge in [-0.1, -0.05) is 30.3 Å². The first-order valence-electron chi connectivity index (χ1n) is 10.9. The number of hydrogen-bond acceptors (Lipinski definition) is 5. The number of rotatable bonds is 7. The van der Waals surface area contributed by atoms with Gasteiger partial charge in [0, 0.05) is 56.7 Å². The van der Waals surface area contributed by atoms with E-state index in [-0.39, 0.29) is 11.6 Å². The van der Waals surface area contributed by atoms with Gasteiger partial charge in [0.25, 0.3) is 0 Å². The predicted octanol–water partition coefficient (Wildman–Crippen LogP) is 2.69. The predicted molar refractivity (Wildman–Crippen MR) is 124 cm³/mol. The van der Waals surface area contributed by atoms with Crippen molar-refractivity contribution in [1.29, 1.82) is 0 Å². The van der Waals surface area contributed by atoms with E-state index in [1.54, 1.807) is 12.4 Å². The van der Waals surface area contributed by atoms with Gasteiger partial charge in [0.05, 0.1) is 6.54 Å². The number of piperazine rings is 1. The van der Waals surface area contributed by atoms with E-state index < -0.39 is 0 Å². The number of nitrogens with zero attached hydrogens (tertiary/aromatic N) is 5. The summed E-state index contributed by atoms with van der Waals surface area (Å²) in [5.41, 5.74) is 1.18. The van der Waals surface area contributed by atoms with Crippen LogP contribution in [0.1, 0.15) is 39.3 Å². The second kappa shape index (κ2) is 10.4. The molecular weight excluding hydrogens is 374 g/mol. The number of aliphatic imine (C=N–C) groups is 1. The maximum atomic E-state index is 4.97. The molecule has 1 aliphatic heterocycles. The number of guanidine groups is 1. The van der Waals surface area contributed by atoms with Crippen molar-refractivity contribution < 1.29 is 0 Å². The van der Waals surface area contributed by atoms with Crippen molar-refractivity contribution >= 4 is 11.9 Å². The SMILES string of the molecule is CCNC(=NCC(C)(C)NC(C)c1ccccc1)N1CCN(c2ncccn2)CC1. The Hall–Kier alpha value is -2.67. The summed E-state index contributed by atoms with van der Waals surface area (Å²) in [6.07, 6.45) is 3.59. The maximum Gasteiger partial charge on any atom is 0.225 e. The van der Waals surface area contributed by atoms with Crippen LogP contribution in [-0.4, -0.2) is 65.6 Å². The highest BCUT2D eigenvalue weighted by Crippen LogP contribution is 2.17. The smallest absolute Gasteiger partial charge is 0.225 e. The lowest BCUT2D eigenvalue weighted by Crippen LogP contribution is -2.53. The second-order valence-corrected chi connectivity index (χ2v) is 8.35. The standard InChI is InChI=1S/C23H35N7/c1-5-24-21(29-14-16-30(17-15-29)22-25-12-9-13-26-22)27-18-23(3,4)28-19(2)20-10-7-6-8-11-20/h6-13,19,28H,5,14-18H2,1-4H3,(H,24,27). The molecule has 0 spiro atoms. The highest BCUT2D eigenvalue weighted by molar-refractivity contribution is 5.80. The Kier molecular flexibility index (Phi) is 7.63. The second-order valence-electron chi connectivity index (χ2n) is 8.35. The Labute approximate surface area is 180 Å². The van der Waals surface area contributed by atoms with Crippen molar-refractivity contribution in [3.05, 3.63) is 54.4 Å². The van der Waals surface area contributed by atoms with E-state index in [1.165, 1.54) is 5.56 Å². The van der Waals surface area contributed by atoms with Gasteiger partial charge in [0.2, 0.25) is 5.95 Å². The number of anilines is 1. The zero-order valence-corrected chi connectivity index (χ0v) is 18.7. The molecule has 0 radical (unpaired) electrons. The van der Waals surface area contributed by atoms with E-state index in [1.807, 2.05) is 6.07 Å². The minimum Gasteiger partial charge on any atom is -0.357 e. The van der Waals surface area contributed by atoms with E-state index in [2.05, 4.69) is 88.4 Å². The molecule has 1 aromatic carbocycles. The van der Waals surface area contributed by atoms with E-state index >= 15 is 0 Å². The molecule has 0 amide bonds. The molecule has 1 aromatic heterocycles. The van der Waals surface area contributed by atoms with Crippen LogP contribution in [0.15, 0.2) is 53.8 Å². The average molecular weight is 410 g/mol. The highest BCUT2D eigenvalue weighted by atomic mass is 15.4. The molecule has 0 saturated carbocycles. The van der Waals surface area contributed by atoms with Gasteiger partial charge in [-0.25, -0.2) is 9.97 Å². The first kappa shape index (κ1) is 22.0. The molecule has 0 bridgehead atoms. The van der Waals surface area contributed by atoms with Gasteiger partial charge in [0.15, 0.2) is 5.96 Å². The Morgan fingerprint density at radius 1 is 1.07 bits per heavy atom. The quantitative estimate of drug-likeness (QED) is 0.541. The van der Waals surface area contributed by atoms with Crippen LogP contribution in [0.25, 0.3) is 0 Å². The van der Waals surface area contributed by atoms with Gasteiger partial charge < -0.3 is 20.4 Å². The van der Waals surface area contributed by atoms with E-state index in [4.69, 9.17) is 4.99 Å². The van der Waals surface area contributed by atoms with Crippen molar-refractivity contribution in [1.82, 2.24) is 25.5 Å². The summed E-state index contributed by atoms with van der Waals surface area (Å²) in [5.74, 6) is 1.78. The first-order valence-corrected chi connectivity index (χ1v) is 10.9. The molecule has 1 aliphatic rings. The van der Waals surface area contributed by atoms with Gasteiger partial charge in [-0.3, -0.25) is 4.99 Å². The van der Waals surface area contributed by atoms with Crippen LogP contribution in [0.3, 0.4) is 0 Å². The monoisotopic (exact) mass is 409 g/mol. The fraction of sp³-hybridized carbons (Fsp3) is 0.522. The fourth-order valence-electron chi connectivity index (χ4n) is 3.73. The third-order valence-electron chi connectivity index (χ3n) is 5.28. The Bertz CT molecular complexity index is 784. The molecule has 7 nitrogen and oxygen atoms in total. The zero-order chi connectivity index (χ0) is 21.4. The number of benzene rings is 1. The highest BCUT2D eigenvalue weighted by Gasteiger charge is 2.24. The zero-order valence-electron chi connectivity index (χ0n) is 18.7. The van der Waals surface area contributed by atoms with Gasteiger partial charge >= 0.3 is 0 Å². The Morgan fingerprint density at radius 2 is 1.73 bits per heavy atom. The number of hydrogen-bond donors (Lipinski definition) is 2. The van der Waals surface area contributed by atoms with E-state index in [0.29, 0.717) is 6.54 Å². The van der Waals surface area contributed by atoms with E-state index in [9.17, 15) is 0 Å². The van der Waals surface area contributed by atoms with Crippen molar-refractivity contribution in [3.63, 3.8) is 0 Å². The molecule has 0 aliphatic carbocycles. The molecule has 2 heterocycles. The Balaban J connectivity index is 1.58. The molecule has 1 unspecified atom stereocenters. The van der Waals surface area contributed by atoms with Crippen molar-refractivity contribution in [2.24, 2.45) is 4.99 Å². The van der Waals surface area contributed by atoms with Crippen LogP contribution in [0.2, 0.25) is 0 Å². The Morgan fingerprint density at radius 3 is 2.37 bits per heavy atom. The van der Waals surface area contributed by atoms with Crippen LogP contribution in [-0.2, 0) is 0 Å². The summed E-state index contributed by atoms with van der Waals surface area (Å²) in [4.78, 5) is 18.3. The van der Waals surface area contributed by atoms with Crippen LogP contribution >= 0.6 is 0 Å². The molecular formula is C23H35N7. The molecule has 7 heteroatoms. The van der Waals surface area contributed by atoms with Crippen LogP contribution in [0, 0.1) is 0 Å². The van der Waals surface area contributed by atoms with Crippen molar-refractivity contribution in [2.45, 2.75) is 39.3 Å². The van der Waals surface area contributed by atoms with E-state index in [0.717, 1.165) is 44.6 Å². The van der Waals surface area contributed by atoms with Crippen LogP contribution in [0.5, 0.6) is 0 Å². The summed E-state index contributed by atoms with van der Waals surface area (Å²) in [5, 5.41) is 7.19. The molecule has 1 saturated heterocycles. The van der Waals surface area contributed by atoms with Gasteiger partial charge in [-0.15, -0.1) is 0 Å². The molecule has 30 heavy (non-hydrogen) atoms. The molecule has 3 rings (SSSR count). The summed E-state index contributed by atoms with van der Waals surface area (Å²) in [6, 6.07) is 12.7. The maximum absolute atomic E-state index is 4.97. The lowest BCUT2D eigenvalue weighted by molar-refractivity contribution is 0.345. The minimum absolute atomic E-state index is 0.115. The van der Waals surface area contributed by atoms with Gasteiger partial charge in [-0.05, 0) is 39.3 Å². The van der Waals surface area contributed by atoms with Gasteiger partial charge in [0.1, 0.15) is 0 Å². The molecule has 2 N–H and O–H groups in total. The van der Waals surface area contributed by atoms with Crippen molar-refractivity contribution in [2.75, 3.05) is 44.2 Å². The summed E-state index contributed by atoms with van der Waals surface area (Å²) >= 11 is 0. The minimum atomic E-state index is -0.115. The first-order chi connectivity index (χ1) is 14.5. The normalized spacial score (nSPS) is 16.5. The lowest BCUT2D eigenvalue weighted by atomic mass is 10.0. The fourth-order valence-corrected chi connectivity index (χ4v) is 3.73. The number of aromatic nitrogens is 2. The third-order valence-corrected chi connectivity index (χ3v) is 5.28. The molecule has 1 atom stereocenters.